The largest absolute Gasteiger partial charge is 0.379 e. The summed E-state index contributed by atoms with van der Waals surface area (Å²) >= 11 is 6.89. The van der Waals surface area contributed by atoms with E-state index in [-0.39, 0.29) is 0 Å². The second-order valence-corrected chi connectivity index (χ2v) is 6.61. The third-order valence-electron chi connectivity index (χ3n) is 3.16. The van der Waals surface area contributed by atoms with Crippen LogP contribution in [-0.4, -0.2) is 55.6 Å². The summed E-state index contributed by atoms with van der Waals surface area (Å²) in [6, 6.07) is 4.12. The molecule has 0 aromatic carbocycles. The Hall–Kier alpha value is -1.02. The molecule has 0 bridgehead atoms. The number of ether oxygens (including phenoxy) is 1. The number of hydrazone groups is 1. The smallest absolute Gasteiger partial charge is 0.186 e. The van der Waals surface area contributed by atoms with E-state index in [1.807, 2.05) is 6.07 Å². The molecule has 0 unspecified atom stereocenters. The number of hydrogen-bond donors (Lipinski definition) is 2. The summed E-state index contributed by atoms with van der Waals surface area (Å²) < 4.78 is 5.32. The average molecular weight is 326 g/mol. The van der Waals surface area contributed by atoms with E-state index in [0.717, 1.165) is 50.7 Å². The van der Waals surface area contributed by atoms with Crippen LogP contribution in [0.15, 0.2) is 17.2 Å². The maximum Gasteiger partial charge on any atom is 0.186 e. The standard InChI is InChI=1S/C14H22N4OS2/c1-12-3-4-13(21-12)11-16-17-14(20)15-5-2-6-18-7-9-19-10-8-18/h3-4,11H,2,5-10H2,1H3,(H2,15,17,20)/b16-11-. The van der Waals surface area contributed by atoms with E-state index >= 15 is 0 Å². The van der Waals surface area contributed by atoms with Crippen molar-refractivity contribution in [2.24, 2.45) is 5.10 Å². The van der Waals surface area contributed by atoms with E-state index in [1.165, 1.54) is 4.88 Å². The third-order valence-corrected chi connectivity index (χ3v) is 4.33. The molecule has 2 N–H and O–H groups in total. The first-order chi connectivity index (χ1) is 10.2. The van der Waals surface area contributed by atoms with Gasteiger partial charge in [-0.05, 0) is 44.2 Å². The first-order valence-corrected chi connectivity index (χ1v) is 8.40. The Balaban J connectivity index is 1.54. The lowest BCUT2D eigenvalue weighted by Crippen LogP contribution is -2.39. The van der Waals surface area contributed by atoms with Crippen molar-refractivity contribution in [1.82, 2.24) is 15.6 Å². The third kappa shape index (κ3) is 6.52. The fraction of sp³-hybridized carbons (Fsp3) is 0.571. The number of thiocarbonyl (C=S) groups is 1. The lowest BCUT2D eigenvalue weighted by atomic mass is 10.3. The van der Waals surface area contributed by atoms with Crippen LogP contribution in [0.5, 0.6) is 0 Å². The summed E-state index contributed by atoms with van der Waals surface area (Å²) in [5, 5.41) is 7.86. The Morgan fingerprint density at radius 1 is 1.48 bits per heavy atom. The lowest BCUT2D eigenvalue weighted by molar-refractivity contribution is 0.0376. The molecule has 1 aromatic rings. The monoisotopic (exact) mass is 326 g/mol. The van der Waals surface area contributed by atoms with Gasteiger partial charge in [0, 0.05) is 29.4 Å². The highest BCUT2D eigenvalue weighted by atomic mass is 32.1. The number of rotatable bonds is 6. The molecule has 7 heteroatoms. The van der Waals surface area contributed by atoms with E-state index < -0.39 is 0 Å². The van der Waals surface area contributed by atoms with Crippen molar-refractivity contribution in [2.45, 2.75) is 13.3 Å². The van der Waals surface area contributed by atoms with E-state index in [2.05, 4.69) is 33.7 Å². The van der Waals surface area contributed by atoms with E-state index in [0.29, 0.717) is 5.11 Å². The fourth-order valence-corrected chi connectivity index (χ4v) is 2.95. The quantitative estimate of drug-likeness (QED) is 0.360. The number of nitrogens with zero attached hydrogens (tertiary/aromatic N) is 2. The molecule has 5 nitrogen and oxygen atoms in total. The molecule has 0 aliphatic carbocycles. The van der Waals surface area contributed by atoms with Crippen LogP contribution in [-0.2, 0) is 4.74 Å². The molecular weight excluding hydrogens is 304 g/mol. The summed E-state index contributed by atoms with van der Waals surface area (Å²) in [5.41, 5.74) is 2.84. The van der Waals surface area contributed by atoms with Gasteiger partial charge >= 0.3 is 0 Å². The van der Waals surface area contributed by atoms with Crippen molar-refractivity contribution in [2.75, 3.05) is 39.4 Å². The molecule has 2 rings (SSSR count). The summed E-state index contributed by atoms with van der Waals surface area (Å²) in [6.07, 6.45) is 2.86. The number of nitrogens with one attached hydrogen (secondary N) is 2. The Kier molecular flexibility index (Phi) is 7.08. The van der Waals surface area contributed by atoms with Gasteiger partial charge < -0.3 is 10.1 Å². The van der Waals surface area contributed by atoms with Gasteiger partial charge in [0.1, 0.15) is 0 Å². The minimum absolute atomic E-state index is 0.571. The molecule has 0 atom stereocenters. The van der Waals surface area contributed by atoms with Crippen LogP contribution in [0.4, 0.5) is 0 Å². The minimum atomic E-state index is 0.571. The van der Waals surface area contributed by atoms with Gasteiger partial charge in [0.25, 0.3) is 0 Å². The van der Waals surface area contributed by atoms with Crippen molar-refractivity contribution in [3.63, 3.8) is 0 Å². The van der Waals surface area contributed by atoms with Gasteiger partial charge in [-0.25, -0.2) is 0 Å². The Labute approximate surface area is 135 Å². The molecule has 1 fully saturated rings. The van der Waals surface area contributed by atoms with Crippen molar-refractivity contribution >= 4 is 34.9 Å². The van der Waals surface area contributed by atoms with E-state index in [1.54, 1.807) is 17.6 Å². The van der Waals surface area contributed by atoms with Crippen LogP contribution in [0.2, 0.25) is 0 Å². The van der Waals surface area contributed by atoms with Crippen LogP contribution >= 0.6 is 23.6 Å². The van der Waals surface area contributed by atoms with Gasteiger partial charge in [0.2, 0.25) is 0 Å². The number of thiophene rings is 1. The molecule has 0 saturated carbocycles. The second kappa shape index (κ2) is 9.09. The summed E-state index contributed by atoms with van der Waals surface area (Å²) in [6.45, 7) is 7.79. The van der Waals surface area contributed by atoms with Crippen LogP contribution in [0.25, 0.3) is 0 Å². The summed E-state index contributed by atoms with van der Waals surface area (Å²) in [5.74, 6) is 0. The van der Waals surface area contributed by atoms with Gasteiger partial charge in [0.05, 0.1) is 19.4 Å². The van der Waals surface area contributed by atoms with Crippen molar-refractivity contribution in [3.05, 3.63) is 21.9 Å². The Morgan fingerprint density at radius 2 is 2.29 bits per heavy atom. The van der Waals surface area contributed by atoms with Crippen LogP contribution in [0, 0.1) is 6.92 Å². The molecule has 0 radical (unpaired) electrons. The zero-order valence-corrected chi connectivity index (χ0v) is 13.9. The molecule has 2 heterocycles. The summed E-state index contributed by atoms with van der Waals surface area (Å²) in [4.78, 5) is 4.81. The summed E-state index contributed by atoms with van der Waals surface area (Å²) in [7, 11) is 0. The molecule has 1 aliphatic heterocycles. The number of morpholine rings is 1. The number of aryl methyl sites for hydroxylation is 1. The maximum atomic E-state index is 5.32. The second-order valence-electron chi connectivity index (χ2n) is 4.88. The molecule has 0 amide bonds. The average Bonchev–Trinajstić information content (AvgIpc) is 2.90. The maximum absolute atomic E-state index is 5.32. The molecular formula is C14H22N4OS2. The zero-order chi connectivity index (χ0) is 14.9. The zero-order valence-electron chi connectivity index (χ0n) is 12.3. The normalized spacial score (nSPS) is 16.2. The van der Waals surface area contributed by atoms with E-state index in [4.69, 9.17) is 17.0 Å². The van der Waals surface area contributed by atoms with Crippen LogP contribution in [0.3, 0.4) is 0 Å². The lowest BCUT2D eigenvalue weighted by Gasteiger charge is -2.26. The van der Waals surface area contributed by atoms with Gasteiger partial charge in [0.15, 0.2) is 5.11 Å². The van der Waals surface area contributed by atoms with Gasteiger partial charge in [-0.3, -0.25) is 10.3 Å². The highest BCUT2D eigenvalue weighted by Crippen LogP contribution is 2.12. The minimum Gasteiger partial charge on any atom is -0.379 e. The molecule has 21 heavy (non-hydrogen) atoms. The van der Waals surface area contributed by atoms with Crippen LogP contribution in [0.1, 0.15) is 16.2 Å². The highest BCUT2D eigenvalue weighted by molar-refractivity contribution is 7.80. The first-order valence-electron chi connectivity index (χ1n) is 7.17. The molecule has 0 spiro atoms. The van der Waals surface area contributed by atoms with Gasteiger partial charge in [-0.15, -0.1) is 11.3 Å². The number of hydrogen-bond acceptors (Lipinski definition) is 5. The van der Waals surface area contributed by atoms with E-state index in [9.17, 15) is 0 Å². The topological polar surface area (TPSA) is 48.9 Å². The SMILES string of the molecule is Cc1ccc(/C=N\NC(=S)NCCCN2CCOCC2)s1. The molecule has 116 valence electrons. The Morgan fingerprint density at radius 3 is 3.00 bits per heavy atom. The predicted molar refractivity (Wildman–Crippen MR) is 92.3 cm³/mol. The van der Waals surface area contributed by atoms with Crippen molar-refractivity contribution in [1.29, 1.82) is 0 Å². The predicted octanol–water partition coefficient (Wildman–Crippen LogP) is 1.58. The Bertz CT molecular complexity index is 469. The first kappa shape index (κ1) is 16.4. The molecule has 1 aromatic heterocycles. The molecule has 1 saturated heterocycles. The van der Waals surface area contributed by atoms with Gasteiger partial charge in [-0.1, -0.05) is 0 Å². The van der Waals surface area contributed by atoms with Gasteiger partial charge in [-0.2, -0.15) is 5.10 Å². The highest BCUT2D eigenvalue weighted by Gasteiger charge is 2.08. The van der Waals surface area contributed by atoms with Crippen LogP contribution < -0.4 is 10.7 Å². The fourth-order valence-electron chi connectivity index (χ4n) is 2.05. The molecule has 1 aliphatic rings. The van der Waals surface area contributed by atoms with Crippen molar-refractivity contribution in [3.8, 4) is 0 Å². The van der Waals surface area contributed by atoms with Crippen molar-refractivity contribution < 1.29 is 4.74 Å².